The zero-order valence-electron chi connectivity index (χ0n) is 15.0. The lowest BCUT2D eigenvalue weighted by Gasteiger charge is -2.11. The van der Waals surface area contributed by atoms with Crippen molar-refractivity contribution in [1.29, 1.82) is 5.26 Å². The fraction of sp³-hybridized carbons (Fsp3) is 0.190. The highest BCUT2D eigenvalue weighted by Gasteiger charge is 2.18. The highest BCUT2D eigenvalue weighted by Crippen LogP contribution is 2.29. The number of hydrogen-bond donors (Lipinski definition) is 1. The zero-order valence-corrected chi connectivity index (χ0v) is 15.0. The van der Waals surface area contributed by atoms with Crippen molar-refractivity contribution in [3.8, 4) is 11.8 Å². The summed E-state index contributed by atoms with van der Waals surface area (Å²) < 4.78 is 10.8. The molecule has 2 aromatic carbocycles. The van der Waals surface area contributed by atoms with Crippen molar-refractivity contribution in [2.75, 3.05) is 12.4 Å². The average molecular weight is 362 g/mol. The number of carbonyl (C=O) groups excluding carboxylic acids is 1. The van der Waals surface area contributed by atoms with Gasteiger partial charge in [-0.3, -0.25) is 4.79 Å². The van der Waals surface area contributed by atoms with E-state index >= 15 is 0 Å². The molecule has 0 spiro atoms. The van der Waals surface area contributed by atoms with E-state index < -0.39 is 11.5 Å². The number of para-hydroxylation sites is 1. The molecule has 136 valence electrons. The van der Waals surface area contributed by atoms with Gasteiger partial charge in [-0.1, -0.05) is 25.5 Å². The second-order valence-electron chi connectivity index (χ2n) is 5.97. The molecule has 6 heteroatoms. The van der Waals surface area contributed by atoms with Crippen LogP contribution in [-0.2, 0) is 6.42 Å². The first-order valence-corrected chi connectivity index (χ1v) is 8.53. The number of aryl methyl sites for hydroxylation is 1. The third kappa shape index (κ3) is 3.53. The lowest BCUT2D eigenvalue weighted by molar-refractivity contribution is 0.102. The first-order valence-electron chi connectivity index (χ1n) is 8.53. The van der Waals surface area contributed by atoms with Crippen molar-refractivity contribution in [3.05, 3.63) is 69.6 Å². The SMILES string of the molecule is CCCc1c(OC)ccc2cc(C(=O)Nc3ccccc3C#N)c(=O)oc12. The number of rotatable bonds is 5. The molecule has 3 rings (SSSR count). The van der Waals surface area contributed by atoms with Crippen LogP contribution in [-0.4, -0.2) is 13.0 Å². The Kier molecular flexibility index (Phi) is 5.23. The van der Waals surface area contributed by atoms with Gasteiger partial charge in [0.2, 0.25) is 0 Å². The van der Waals surface area contributed by atoms with Crippen LogP contribution in [0, 0.1) is 11.3 Å². The van der Waals surface area contributed by atoms with Gasteiger partial charge < -0.3 is 14.5 Å². The van der Waals surface area contributed by atoms with Crippen LogP contribution in [0.2, 0.25) is 0 Å². The van der Waals surface area contributed by atoms with Crippen LogP contribution in [0.15, 0.2) is 51.7 Å². The molecule has 1 N–H and O–H groups in total. The maximum Gasteiger partial charge on any atom is 0.349 e. The molecule has 0 bridgehead atoms. The second kappa shape index (κ2) is 7.75. The highest BCUT2D eigenvalue weighted by molar-refractivity contribution is 6.06. The van der Waals surface area contributed by atoms with Gasteiger partial charge in [-0.15, -0.1) is 0 Å². The molecular weight excluding hydrogens is 344 g/mol. The van der Waals surface area contributed by atoms with E-state index in [9.17, 15) is 9.59 Å². The number of hydrogen-bond acceptors (Lipinski definition) is 5. The maximum atomic E-state index is 12.6. The largest absolute Gasteiger partial charge is 0.496 e. The van der Waals surface area contributed by atoms with Crippen molar-refractivity contribution in [2.45, 2.75) is 19.8 Å². The molecule has 0 aliphatic carbocycles. The Morgan fingerprint density at radius 3 is 2.74 bits per heavy atom. The summed E-state index contributed by atoms with van der Waals surface area (Å²) in [6.45, 7) is 2.02. The van der Waals surface area contributed by atoms with Gasteiger partial charge in [0.25, 0.3) is 5.91 Å². The molecule has 0 atom stereocenters. The van der Waals surface area contributed by atoms with Gasteiger partial charge >= 0.3 is 5.63 Å². The van der Waals surface area contributed by atoms with Gasteiger partial charge in [-0.25, -0.2) is 4.79 Å². The van der Waals surface area contributed by atoms with Gasteiger partial charge in [0.1, 0.15) is 23.0 Å². The van der Waals surface area contributed by atoms with Gasteiger partial charge in [-0.2, -0.15) is 5.26 Å². The standard InChI is InChI=1S/C21H18N2O4/c1-3-6-15-18(26-2)10-9-13-11-16(21(25)27-19(13)15)20(24)23-17-8-5-4-7-14(17)12-22/h4-5,7-11H,3,6H2,1-2H3,(H,23,24). The fourth-order valence-corrected chi connectivity index (χ4v) is 2.94. The molecule has 0 aliphatic rings. The van der Waals surface area contributed by atoms with Crippen LogP contribution >= 0.6 is 0 Å². The summed E-state index contributed by atoms with van der Waals surface area (Å²) in [5.74, 6) is 0.0221. The minimum absolute atomic E-state index is 0.122. The molecule has 0 aliphatic heterocycles. The van der Waals surface area contributed by atoms with Crippen LogP contribution in [0.5, 0.6) is 5.75 Å². The molecule has 0 fully saturated rings. The van der Waals surface area contributed by atoms with Crippen LogP contribution in [0.3, 0.4) is 0 Å². The van der Waals surface area contributed by atoms with Crippen molar-refractivity contribution in [3.63, 3.8) is 0 Å². The van der Waals surface area contributed by atoms with Crippen LogP contribution in [0.1, 0.15) is 34.8 Å². The molecule has 27 heavy (non-hydrogen) atoms. The number of amides is 1. The summed E-state index contributed by atoms with van der Waals surface area (Å²) in [7, 11) is 1.56. The molecule has 1 aromatic heterocycles. The number of ether oxygens (including phenoxy) is 1. The first kappa shape index (κ1) is 18.2. The second-order valence-corrected chi connectivity index (χ2v) is 5.97. The third-order valence-corrected chi connectivity index (χ3v) is 4.22. The quantitative estimate of drug-likeness (QED) is 0.695. The summed E-state index contributed by atoms with van der Waals surface area (Å²) in [5, 5.41) is 12.4. The van der Waals surface area contributed by atoms with Gasteiger partial charge in [0.15, 0.2) is 0 Å². The van der Waals surface area contributed by atoms with E-state index in [2.05, 4.69) is 5.32 Å². The van der Waals surface area contributed by atoms with E-state index in [1.54, 1.807) is 43.5 Å². The van der Waals surface area contributed by atoms with E-state index in [-0.39, 0.29) is 5.56 Å². The molecule has 0 radical (unpaired) electrons. The number of nitrogens with one attached hydrogen (secondary N) is 1. The predicted molar refractivity (Wildman–Crippen MR) is 102 cm³/mol. The van der Waals surface area contributed by atoms with E-state index in [1.165, 1.54) is 6.07 Å². The molecular formula is C21H18N2O4. The van der Waals surface area contributed by atoms with E-state index in [0.29, 0.717) is 34.4 Å². The molecule has 3 aromatic rings. The number of methoxy groups -OCH3 is 1. The Morgan fingerprint density at radius 2 is 2.04 bits per heavy atom. The Bertz CT molecular complexity index is 1110. The van der Waals surface area contributed by atoms with E-state index in [1.807, 2.05) is 13.0 Å². The number of anilines is 1. The summed E-state index contributed by atoms with van der Waals surface area (Å²) in [6, 6.07) is 13.6. The summed E-state index contributed by atoms with van der Waals surface area (Å²) >= 11 is 0. The highest BCUT2D eigenvalue weighted by atomic mass is 16.5. The minimum atomic E-state index is -0.736. The number of nitrogens with zero attached hydrogens (tertiary/aromatic N) is 1. The van der Waals surface area contributed by atoms with Crippen molar-refractivity contribution in [2.24, 2.45) is 0 Å². The Balaban J connectivity index is 2.05. The van der Waals surface area contributed by atoms with E-state index in [0.717, 1.165) is 12.0 Å². The Hall–Kier alpha value is -3.59. The molecule has 1 heterocycles. The van der Waals surface area contributed by atoms with Gasteiger partial charge in [0.05, 0.1) is 18.4 Å². The van der Waals surface area contributed by atoms with Gasteiger partial charge in [-0.05, 0) is 36.8 Å². The topological polar surface area (TPSA) is 92.3 Å². The molecule has 1 amide bonds. The van der Waals surface area contributed by atoms with Crippen molar-refractivity contribution >= 4 is 22.6 Å². The third-order valence-electron chi connectivity index (χ3n) is 4.22. The van der Waals surface area contributed by atoms with Crippen LogP contribution in [0.25, 0.3) is 11.0 Å². The lowest BCUT2D eigenvalue weighted by Crippen LogP contribution is -2.21. The smallest absolute Gasteiger partial charge is 0.349 e. The lowest BCUT2D eigenvalue weighted by atomic mass is 10.0. The predicted octanol–water partition coefficient (Wildman–Crippen LogP) is 3.88. The van der Waals surface area contributed by atoms with E-state index in [4.69, 9.17) is 14.4 Å². The maximum absolute atomic E-state index is 12.6. The number of nitriles is 1. The summed E-state index contributed by atoms with van der Waals surface area (Å²) in [5.41, 5.74) is 1.02. The molecule has 0 saturated heterocycles. The van der Waals surface area contributed by atoms with Crippen LogP contribution < -0.4 is 15.7 Å². The first-order chi connectivity index (χ1) is 13.1. The minimum Gasteiger partial charge on any atom is -0.496 e. The molecule has 0 saturated carbocycles. The van der Waals surface area contributed by atoms with Crippen LogP contribution in [0.4, 0.5) is 5.69 Å². The van der Waals surface area contributed by atoms with Crippen molar-refractivity contribution in [1.82, 2.24) is 0 Å². The molecule has 6 nitrogen and oxygen atoms in total. The van der Waals surface area contributed by atoms with Crippen molar-refractivity contribution < 1.29 is 13.9 Å². The molecule has 0 unspecified atom stereocenters. The zero-order chi connectivity index (χ0) is 19.4. The number of benzene rings is 2. The monoisotopic (exact) mass is 362 g/mol. The number of carbonyl (C=O) groups is 1. The number of fused-ring (bicyclic) bond motifs is 1. The normalized spacial score (nSPS) is 10.4. The fourth-order valence-electron chi connectivity index (χ4n) is 2.94. The Labute approximate surface area is 156 Å². The average Bonchev–Trinajstić information content (AvgIpc) is 2.68. The summed E-state index contributed by atoms with van der Waals surface area (Å²) in [4.78, 5) is 25.0. The van der Waals surface area contributed by atoms with Gasteiger partial charge in [0, 0.05) is 10.9 Å². The Morgan fingerprint density at radius 1 is 1.26 bits per heavy atom. The summed E-state index contributed by atoms with van der Waals surface area (Å²) in [6.07, 6.45) is 1.54.